The van der Waals surface area contributed by atoms with Gasteiger partial charge >= 0.3 is 0 Å². The summed E-state index contributed by atoms with van der Waals surface area (Å²) in [5, 5.41) is 6.76. The zero-order chi connectivity index (χ0) is 16.0. The van der Waals surface area contributed by atoms with Crippen LogP contribution in [0.5, 0.6) is 11.5 Å². The third-order valence-corrected chi connectivity index (χ3v) is 5.20. The van der Waals surface area contributed by atoms with Crippen LogP contribution < -0.4 is 9.47 Å². The van der Waals surface area contributed by atoms with E-state index < -0.39 is 0 Å². The molecule has 0 unspecified atom stereocenters. The molecule has 0 amide bonds. The molecule has 0 spiro atoms. The van der Waals surface area contributed by atoms with Crippen LogP contribution in [0.4, 0.5) is 0 Å². The van der Waals surface area contributed by atoms with Gasteiger partial charge in [-0.1, -0.05) is 15.9 Å². The quantitative estimate of drug-likeness (QED) is 0.681. The first-order valence-corrected chi connectivity index (χ1v) is 8.84. The topological polar surface area (TPSA) is 34.1 Å². The van der Waals surface area contributed by atoms with Crippen molar-refractivity contribution >= 4 is 37.6 Å². The summed E-state index contributed by atoms with van der Waals surface area (Å²) in [5.41, 5.74) is 3.35. The van der Waals surface area contributed by atoms with Gasteiger partial charge in [0.05, 0.1) is 23.3 Å². The van der Waals surface area contributed by atoms with E-state index in [1.807, 2.05) is 23.2 Å². The largest absolute Gasteiger partial charge is 0.497 e. The summed E-state index contributed by atoms with van der Waals surface area (Å²) in [6, 6.07) is 12.4. The van der Waals surface area contributed by atoms with E-state index in [9.17, 15) is 0 Å². The second kappa shape index (κ2) is 5.83. The minimum absolute atomic E-state index is 0.213. The highest BCUT2D eigenvalue weighted by Crippen LogP contribution is 2.45. The lowest BCUT2D eigenvalue weighted by atomic mass is 9.97. The summed E-state index contributed by atoms with van der Waals surface area (Å²) in [4.78, 5) is 0. The van der Waals surface area contributed by atoms with Crippen LogP contribution in [-0.4, -0.2) is 24.6 Å². The lowest BCUT2D eigenvalue weighted by Gasteiger charge is -2.31. The van der Waals surface area contributed by atoms with Crippen LogP contribution in [0.1, 0.15) is 23.6 Å². The Bertz CT molecular complexity index is 790. The number of hydrazone groups is 1. The van der Waals surface area contributed by atoms with Crippen molar-refractivity contribution in [1.82, 2.24) is 5.01 Å². The maximum atomic E-state index is 5.88. The fourth-order valence-electron chi connectivity index (χ4n) is 3.01. The number of benzene rings is 2. The summed E-state index contributed by atoms with van der Waals surface area (Å²) < 4.78 is 13.1. The van der Waals surface area contributed by atoms with Crippen molar-refractivity contribution in [2.45, 2.75) is 12.5 Å². The summed E-state index contributed by atoms with van der Waals surface area (Å²) in [6.07, 6.45) is 0.867. The van der Waals surface area contributed by atoms with Gasteiger partial charge in [0.15, 0.2) is 6.73 Å². The monoisotopic (exact) mass is 436 g/mol. The first-order valence-electron chi connectivity index (χ1n) is 7.26. The molecule has 118 valence electrons. The molecule has 4 rings (SSSR count). The average molecular weight is 438 g/mol. The standard InChI is InChI=1S/C17H14Br2N2O2/c1-22-12-4-2-10(3-5-12)15-8-16-13-6-11(18)7-14(19)17(13)23-9-21(16)20-15/h2-7,16H,8-9H2,1H3/t16-/m1/s1. The number of methoxy groups -OCH3 is 1. The van der Waals surface area contributed by atoms with Gasteiger partial charge in [0.2, 0.25) is 0 Å². The van der Waals surface area contributed by atoms with Gasteiger partial charge in [-0.3, -0.25) is 5.01 Å². The highest BCUT2D eigenvalue weighted by Gasteiger charge is 2.35. The van der Waals surface area contributed by atoms with Gasteiger partial charge < -0.3 is 9.47 Å². The maximum absolute atomic E-state index is 5.88. The summed E-state index contributed by atoms with van der Waals surface area (Å²) in [5.74, 6) is 1.77. The van der Waals surface area contributed by atoms with Crippen LogP contribution in [-0.2, 0) is 0 Å². The summed E-state index contributed by atoms with van der Waals surface area (Å²) >= 11 is 7.14. The van der Waals surface area contributed by atoms with E-state index in [0.717, 1.165) is 43.7 Å². The van der Waals surface area contributed by atoms with Crippen molar-refractivity contribution in [3.05, 3.63) is 56.5 Å². The Hall–Kier alpha value is -1.53. The fourth-order valence-corrected chi connectivity index (χ4v) is 4.39. The number of halogens is 2. The molecule has 2 heterocycles. The number of rotatable bonds is 2. The van der Waals surface area contributed by atoms with Crippen LogP contribution in [0.2, 0.25) is 0 Å². The van der Waals surface area contributed by atoms with Crippen LogP contribution in [0, 0.1) is 0 Å². The minimum Gasteiger partial charge on any atom is -0.497 e. The molecule has 23 heavy (non-hydrogen) atoms. The smallest absolute Gasteiger partial charge is 0.177 e. The molecule has 0 bridgehead atoms. The van der Waals surface area contributed by atoms with Crippen LogP contribution >= 0.6 is 31.9 Å². The molecule has 0 N–H and O–H groups in total. The van der Waals surface area contributed by atoms with Gasteiger partial charge in [-0.25, -0.2) is 0 Å². The number of nitrogens with zero attached hydrogens (tertiary/aromatic N) is 2. The Morgan fingerprint density at radius 3 is 2.74 bits per heavy atom. The predicted octanol–water partition coefficient (Wildman–Crippen LogP) is 4.72. The van der Waals surface area contributed by atoms with Gasteiger partial charge in [-0.15, -0.1) is 0 Å². The van der Waals surface area contributed by atoms with Crippen molar-refractivity contribution in [1.29, 1.82) is 0 Å². The van der Waals surface area contributed by atoms with Gasteiger partial charge in [0, 0.05) is 16.5 Å². The molecule has 0 radical (unpaired) electrons. The van der Waals surface area contributed by atoms with Crippen LogP contribution in [0.15, 0.2) is 50.4 Å². The molecule has 2 aliphatic rings. The highest BCUT2D eigenvalue weighted by molar-refractivity contribution is 9.11. The third kappa shape index (κ3) is 2.64. The van der Waals surface area contributed by atoms with Gasteiger partial charge in [-0.05, 0) is 57.9 Å². The third-order valence-electron chi connectivity index (χ3n) is 4.16. The molecule has 6 heteroatoms. The molecule has 1 atom stereocenters. The van der Waals surface area contributed by atoms with Crippen molar-refractivity contribution in [3.8, 4) is 11.5 Å². The second-order valence-corrected chi connectivity index (χ2v) is 7.28. The molecule has 0 saturated carbocycles. The fraction of sp³-hybridized carbons (Fsp3) is 0.235. The Morgan fingerprint density at radius 1 is 1.22 bits per heavy atom. The lowest BCUT2D eigenvalue weighted by Crippen LogP contribution is -2.29. The van der Waals surface area contributed by atoms with Crippen LogP contribution in [0.25, 0.3) is 0 Å². The van der Waals surface area contributed by atoms with E-state index in [0.29, 0.717) is 6.73 Å². The lowest BCUT2D eigenvalue weighted by molar-refractivity contribution is 0.0741. The Kier molecular flexibility index (Phi) is 3.81. The molecule has 4 nitrogen and oxygen atoms in total. The molecule has 2 aromatic carbocycles. The SMILES string of the molecule is COc1ccc(C2=NN3COc4c(Br)cc(Br)cc4[C@H]3C2)cc1. The maximum Gasteiger partial charge on any atom is 0.177 e. The molecule has 2 aromatic rings. The molecular weight excluding hydrogens is 424 g/mol. The first kappa shape index (κ1) is 15.0. The van der Waals surface area contributed by atoms with E-state index in [1.165, 1.54) is 0 Å². The van der Waals surface area contributed by atoms with E-state index in [2.05, 4.69) is 50.1 Å². The van der Waals surface area contributed by atoms with E-state index >= 15 is 0 Å². The first-order chi connectivity index (χ1) is 11.2. The number of hydrogen-bond donors (Lipinski definition) is 0. The van der Waals surface area contributed by atoms with Gasteiger partial charge in [0.25, 0.3) is 0 Å². The molecule has 0 saturated heterocycles. The van der Waals surface area contributed by atoms with Crippen molar-refractivity contribution in [2.75, 3.05) is 13.8 Å². The molecule has 0 aliphatic carbocycles. The number of fused-ring (bicyclic) bond motifs is 3. The molecular formula is C17H14Br2N2O2. The van der Waals surface area contributed by atoms with Crippen molar-refractivity contribution < 1.29 is 9.47 Å². The van der Waals surface area contributed by atoms with E-state index in [4.69, 9.17) is 14.6 Å². The summed E-state index contributed by atoms with van der Waals surface area (Å²) in [6.45, 7) is 0.470. The Morgan fingerprint density at radius 2 is 2.00 bits per heavy atom. The molecule has 0 aromatic heterocycles. The van der Waals surface area contributed by atoms with Crippen molar-refractivity contribution in [3.63, 3.8) is 0 Å². The van der Waals surface area contributed by atoms with Crippen molar-refractivity contribution in [2.24, 2.45) is 5.10 Å². The second-order valence-electron chi connectivity index (χ2n) is 5.51. The average Bonchev–Trinajstić information content (AvgIpc) is 2.99. The number of ether oxygens (including phenoxy) is 2. The predicted molar refractivity (Wildman–Crippen MR) is 96.1 cm³/mol. The van der Waals surface area contributed by atoms with E-state index in [-0.39, 0.29) is 6.04 Å². The molecule has 0 fully saturated rings. The Labute approximate surface area is 151 Å². The normalized spacial score (nSPS) is 18.8. The number of hydrogen-bond acceptors (Lipinski definition) is 4. The minimum atomic E-state index is 0.213. The molecule has 2 aliphatic heterocycles. The van der Waals surface area contributed by atoms with E-state index in [1.54, 1.807) is 7.11 Å². The zero-order valence-corrected chi connectivity index (χ0v) is 15.6. The van der Waals surface area contributed by atoms with Gasteiger partial charge in [-0.2, -0.15) is 5.10 Å². The van der Waals surface area contributed by atoms with Crippen LogP contribution in [0.3, 0.4) is 0 Å². The highest BCUT2D eigenvalue weighted by atomic mass is 79.9. The van der Waals surface area contributed by atoms with Gasteiger partial charge in [0.1, 0.15) is 11.5 Å². The zero-order valence-electron chi connectivity index (χ0n) is 12.4. The Balaban J connectivity index is 1.66. The summed E-state index contributed by atoms with van der Waals surface area (Å²) in [7, 11) is 1.67.